The quantitative estimate of drug-likeness (QED) is 0.693. The predicted octanol–water partition coefficient (Wildman–Crippen LogP) is 4.23. The maximum atomic E-state index is 13.0. The summed E-state index contributed by atoms with van der Waals surface area (Å²) in [6.07, 6.45) is 0.167. The Bertz CT molecular complexity index is 1060. The van der Waals surface area contributed by atoms with Crippen molar-refractivity contribution in [3.05, 3.63) is 82.0 Å². The van der Waals surface area contributed by atoms with Crippen molar-refractivity contribution in [3.8, 4) is 0 Å². The summed E-state index contributed by atoms with van der Waals surface area (Å²) >= 11 is 1.56. The van der Waals surface area contributed by atoms with Crippen LogP contribution in [0.2, 0.25) is 0 Å². The summed E-state index contributed by atoms with van der Waals surface area (Å²) in [5.41, 5.74) is 4.30. The van der Waals surface area contributed by atoms with Gasteiger partial charge in [-0.25, -0.2) is 4.99 Å². The van der Waals surface area contributed by atoms with Crippen molar-refractivity contribution in [3.63, 3.8) is 0 Å². The highest BCUT2D eigenvalue weighted by molar-refractivity contribution is 7.12. The monoisotopic (exact) mass is 403 g/mol. The molecule has 0 fully saturated rings. The second-order valence-electron chi connectivity index (χ2n) is 6.94. The maximum Gasteiger partial charge on any atom is 0.240 e. The highest BCUT2D eigenvalue weighted by atomic mass is 32.1. The van der Waals surface area contributed by atoms with Crippen LogP contribution in [0.3, 0.4) is 0 Å². The molecule has 3 aromatic rings. The fourth-order valence-electron chi connectivity index (χ4n) is 3.21. The summed E-state index contributed by atoms with van der Waals surface area (Å²) in [6.45, 7) is 2.42. The first-order chi connectivity index (χ1) is 14.1. The number of thiophene rings is 1. The van der Waals surface area contributed by atoms with Crippen LogP contribution in [-0.2, 0) is 16.1 Å². The Kier molecular flexibility index (Phi) is 5.53. The molecule has 0 atom stereocenters. The fourth-order valence-corrected chi connectivity index (χ4v) is 3.92. The van der Waals surface area contributed by atoms with Gasteiger partial charge in [0.2, 0.25) is 11.8 Å². The average molecular weight is 404 g/mol. The predicted molar refractivity (Wildman–Crippen MR) is 117 cm³/mol. The van der Waals surface area contributed by atoms with Gasteiger partial charge in [0.05, 0.1) is 23.5 Å². The van der Waals surface area contributed by atoms with Crippen molar-refractivity contribution in [2.24, 2.45) is 4.99 Å². The molecular weight excluding hydrogens is 382 g/mol. The topological polar surface area (TPSA) is 61.8 Å². The van der Waals surface area contributed by atoms with E-state index >= 15 is 0 Å². The Morgan fingerprint density at radius 2 is 1.90 bits per heavy atom. The number of hydrogen-bond acceptors (Lipinski definition) is 4. The lowest BCUT2D eigenvalue weighted by molar-refractivity contribution is -0.123. The van der Waals surface area contributed by atoms with Crippen LogP contribution >= 0.6 is 11.3 Å². The number of hydrogen-bond donors (Lipinski definition) is 1. The number of nitrogens with one attached hydrogen (secondary N) is 1. The van der Waals surface area contributed by atoms with E-state index in [1.54, 1.807) is 11.3 Å². The van der Waals surface area contributed by atoms with E-state index in [-0.39, 0.29) is 24.8 Å². The molecule has 0 unspecified atom stereocenters. The first-order valence-electron chi connectivity index (χ1n) is 9.43. The van der Waals surface area contributed by atoms with Crippen molar-refractivity contribution in [1.29, 1.82) is 0 Å². The van der Waals surface area contributed by atoms with E-state index in [4.69, 9.17) is 4.99 Å². The summed E-state index contributed by atoms with van der Waals surface area (Å²) in [7, 11) is 0. The average Bonchev–Trinajstić information content (AvgIpc) is 3.22. The zero-order valence-electron chi connectivity index (χ0n) is 16.1. The second-order valence-corrected chi connectivity index (χ2v) is 7.89. The number of amides is 2. The molecule has 0 aliphatic carbocycles. The lowest BCUT2D eigenvalue weighted by Crippen LogP contribution is -2.40. The summed E-state index contributed by atoms with van der Waals surface area (Å²) in [5.74, 6) is -0.333. The number of anilines is 1. The van der Waals surface area contributed by atoms with Crippen LogP contribution in [0.25, 0.3) is 0 Å². The minimum atomic E-state index is -0.201. The minimum absolute atomic E-state index is 0.0328. The van der Waals surface area contributed by atoms with Gasteiger partial charge in [0.25, 0.3) is 0 Å². The van der Waals surface area contributed by atoms with E-state index in [1.807, 2.05) is 73.0 Å². The minimum Gasteiger partial charge on any atom is -0.350 e. The molecule has 29 heavy (non-hydrogen) atoms. The molecule has 5 nitrogen and oxygen atoms in total. The largest absolute Gasteiger partial charge is 0.350 e. The molecule has 1 N–H and O–H groups in total. The van der Waals surface area contributed by atoms with Crippen molar-refractivity contribution in [2.75, 3.05) is 11.4 Å². The molecule has 2 aromatic carbocycles. The molecule has 6 heteroatoms. The molecule has 0 radical (unpaired) electrons. The lowest BCUT2D eigenvalue weighted by Gasteiger charge is -2.21. The Balaban J connectivity index is 1.51. The van der Waals surface area contributed by atoms with Gasteiger partial charge in [-0.1, -0.05) is 48.0 Å². The normalized spacial score (nSPS) is 13.5. The zero-order chi connectivity index (χ0) is 20.2. The molecule has 0 saturated carbocycles. The van der Waals surface area contributed by atoms with E-state index in [2.05, 4.69) is 5.32 Å². The number of aryl methyl sites for hydroxylation is 1. The van der Waals surface area contributed by atoms with Crippen molar-refractivity contribution >= 4 is 40.2 Å². The summed E-state index contributed by atoms with van der Waals surface area (Å²) in [6, 6.07) is 19.4. The first-order valence-corrected chi connectivity index (χ1v) is 10.3. The third-order valence-corrected chi connectivity index (χ3v) is 5.68. The number of nitrogens with zero attached hydrogens (tertiary/aromatic N) is 2. The van der Waals surface area contributed by atoms with Crippen molar-refractivity contribution < 1.29 is 9.59 Å². The summed E-state index contributed by atoms with van der Waals surface area (Å²) in [4.78, 5) is 32.8. The molecule has 2 amide bonds. The number of benzene rings is 2. The van der Waals surface area contributed by atoms with Gasteiger partial charge in [-0.2, -0.15) is 0 Å². The Labute approximate surface area is 173 Å². The van der Waals surface area contributed by atoms with Gasteiger partial charge in [0, 0.05) is 11.4 Å². The number of fused-ring (bicyclic) bond motifs is 1. The molecule has 1 aliphatic heterocycles. The summed E-state index contributed by atoms with van der Waals surface area (Å²) < 4.78 is 0. The molecule has 0 bridgehead atoms. The van der Waals surface area contributed by atoms with Crippen LogP contribution in [-0.4, -0.2) is 24.1 Å². The maximum absolute atomic E-state index is 13.0. The molecule has 0 saturated heterocycles. The number of rotatable bonds is 5. The van der Waals surface area contributed by atoms with Gasteiger partial charge in [0.1, 0.15) is 6.54 Å². The third kappa shape index (κ3) is 4.43. The van der Waals surface area contributed by atoms with E-state index in [0.717, 1.165) is 16.2 Å². The molecule has 1 aliphatic rings. The number of aliphatic imine (C=N–C) groups is 1. The standard InChI is InChI=1S/C23H21N3O2S/c1-16-8-10-17(11-9-16)14-24-22(27)15-26-20-6-3-2-5-18(20)25-19(13-23(26)28)21-7-4-12-29-21/h2-12H,13-15H2,1H3,(H,24,27). The van der Waals surface area contributed by atoms with Crippen LogP contribution in [0.5, 0.6) is 0 Å². The van der Waals surface area contributed by atoms with Crippen molar-refractivity contribution in [2.45, 2.75) is 19.9 Å². The Morgan fingerprint density at radius 3 is 2.66 bits per heavy atom. The number of carbonyl (C=O) groups is 2. The highest BCUT2D eigenvalue weighted by Gasteiger charge is 2.26. The molecular formula is C23H21N3O2S. The van der Waals surface area contributed by atoms with E-state index in [0.29, 0.717) is 17.9 Å². The number of para-hydroxylation sites is 2. The SMILES string of the molecule is Cc1ccc(CNC(=O)CN2C(=O)CC(c3cccs3)=Nc3ccccc32)cc1. The van der Waals surface area contributed by atoms with Crippen LogP contribution < -0.4 is 10.2 Å². The lowest BCUT2D eigenvalue weighted by atomic mass is 10.1. The van der Waals surface area contributed by atoms with Crippen LogP contribution in [0, 0.1) is 6.92 Å². The van der Waals surface area contributed by atoms with E-state index in [1.165, 1.54) is 10.5 Å². The van der Waals surface area contributed by atoms with E-state index < -0.39 is 0 Å². The van der Waals surface area contributed by atoms with E-state index in [9.17, 15) is 9.59 Å². The van der Waals surface area contributed by atoms with Crippen LogP contribution in [0.1, 0.15) is 22.4 Å². The second kappa shape index (κ2) is 8.41. The fraction of sp³-hybridized carbons (Fsp3) is 0.174. The summed E-state index contributed by atoms with van der Waals surface area (Å²) in [5, 5.41) is 4.88. The number of carbonyl (C=O) groups excluding carboxylic acids is 2. The first kappa shape index (κ1) is 19.1. The van der Waals surface area contributed by atoms with Crippen LogP contribution in [0.15, 0.2) is 71.0 Å². The smallest absolute Gasteiger partial charge is 0.240 e. The molecule has 2 heterocycles. The van der Waals surface area contributed by atoms with Gasteiger partial charge in [-0.15, -0.1) is 11.3 Å². The molecule has 4 rings (SSSR count). The zero-order valence-corrected chi connectivity index (χ0v) is 16.9. The van der Waals surface area contributed by atoms with Gasteiger partial charge in [-0.3, -0.25) is 9.59 Å². The van der Waals surface area contributed by atoms with Gasteiger partial charge in [0.15, 0.2) is 0 Å². The van der Waals surface area contributed by atoms with Gasteiger partial charge in [-0.05, 0) is 36.1 Å². The molecule has 0 spiro atoms. The van der Waals surface area contributed by atoms with Crippen LogP contribution in [0.4, 0.5) is 11.4 Å². The highest BCUT2D eigenvalue weighted by Crippen LogP contribution is 2.33. The Hall–Kier alpha value is -3.25. The van der Waals surface area contributed by atoms with Gasteiger partial charge >= 0.3 is 0 Å². The van der Waals surface area contributed by atoms with Gasteiger partial charge < -0.3 is 10.2 Å². The molecule has 146 valence electrons. The van der Waals surface area contributed by atoms with Crippen molar-refractivity contribution in [1.82, 2.24) is 5.32 Å². The molecule has 1 aromatic heterocycles. The third-order valence-electron chi connectivity index (χ3n) is 4.77. The Morgan fingerprint density at radius 1 is 1.10 bits per heavy atom.